The number of fused-ring (bicyclic) bond motifs is 1. The van der Waals surface area contributed by atoms with E-state index in [1.54, 1.807) is 6.07 Å². The number of nitrogens with one attached hydrogen (secondary N) is 1. The molecule has 122 valence electrons. The van der Waals surface area contributed by atoms with Gasteiger partial charge in [-0.2, -0.15) is 0 Å². The molecule has 2 N–H and O–H groups in total. The Morgan fingerprint density at radius 1 is 1.13 bits per heavy atom. The Balaban J connectivity index is 1.70. The second-order valence-electron chi connectivity index (χ2n) is 6.83. The van der Waals surface area contributed by atoms with Gasteiger partial charge in [0.15, 0.2) is 0 Å². The zero-order valence-corrected chi connectivity index (χ0v) is 13.2. The van der Waals surface area contributed by atoms with E-state index >= 15 is 0 Å². The van der Waals surface area contributed by atoms with Crippen LogP contribution in [-0.4, -0.2) is 33.8 Å². The van der Waals surface area contributed by atoms with E-state index in [4.69, 9.17) is 0 Å². The first-order chi connectivity index (χ1) is 11.2. The zero-order valence-electron chi connectivity index (χ0n) is 13.2. The van der Waals surface area contributed by atoms with Crippen LogP contribution in [0.15, 0.2) is 29.1 Å². The van der Waals surface area contributed by atoms with E-state index in [2.05, 4.69) is 14.9 Å². The van der Waals surface area contributed by atoms with Gasteiger partial charge in [-0.1, -0.05) is 25.0 Å². The summed E-state index contributed by atoms with van der Waals surface area (Å²) in [6.07, 6.45) is 6.21. The number of para-hydroxylation sites is 1. The summed E-state index contributed by atoms with van der Waals surface area (Å²) in [6.45, 7) is 0.898. The number of aromatic amines is 1. The van der Waals surface area contributed by atoms with Crippen molar-refractivity contribution < 1.29 is 5.11 Å². The number of benzene rings is 1. The van der Waals surface area contributed by atoms with Crippen LogP contribution in [0.25, 0.3) is 10.9 Å². The van der Waals surface area contributed by atoms with Crippen LogP contribution in [0.4, 0.5) is 5.95 Å². The molecule has 1 saturated carbocycles. The van der Waals surface area contributed by atoms with Crippen molar-refractivity contribution in [2.45, 2.75) is 50.7 Å². The fourth-order valence-electron chi connectivity index (χ4n) is 4.30. The van der Waals surface area contributed by atoms with Crippen LogP contribution in [0, 0.1) is 5.92 Å². The minimum absolute atomic E-state index is 0.0829. The summed E-state index contributed by atoms with van der Waals surface area (Å²) < 4.78 is 0. The molecule has 0 radical (unpaired) electrons. The van der Waals surface area contributed by atoms with E-state index in [0.29, 0.717) is 17.3 Å². The fraction of sp³-hybridized carbons (Fsp3) is 0.556. The molecule has 0 amide bonds. The maximum Gasteiger partial charge on any atom is 0.260 e. The van der Waals surface area contributed by atoms with E-state index in [0.717, 1.165) is 44.2 Å². The molecular formula is C18H23N3O2. The highest BCUT2D eigenvalue weighted by Gasteiger charge is 2.37. The first kappa shape index (κ1) is 14.7. The SMILES string of the molecule is O=c1[nH]c(N2CCC[C@@H]2[C@@H]2CCCC[C@@H]2O)nc2ccccc12. The average Bonchev–Trinajstić information content (AvgIpc) is 3.05. The van der Waals surface area contributed by atoms with Gasteiger partial charge < -0.3 is 10.0 Å². The number of rotatable bonds is 2. The van der Waals surface area contributed by atoms with Gasteiger partial charge in [-0.3, -0.25) is 9.78 Å². The Kier molecular flexibility index (Phi) is 3.81. The normalized spacial score (nSPS) is 28.4. The number of aliphatic hydroxyl groups is 1. The van der Waals surface area contributed by atoms with Gasteiger partial charge in [0.25, 0.3) is 5.56 Å². The molecule has 0 spiro atoms. The number of anilines is 1. The van der Waals surface area contributed by atoms with Gasteiger partial charge >= 0.3 is 0 Å². The molecule has 1 aromatic carbocycles. The maximum atomic E-state index is 12.3. The highest BCUT2D eigenvalue weighted by molar-refractivity contribution is 5.78. The van der Waals surface area contributed by atoms with Gasteiger partial charge in [-0.25, -0.2) is 4.98 Å². The molecule has 1 aliphatic carbocycles. The largest absolute Gasteiger partial charge is 0.393 e. The van der Waals surface area contributed by atoms with E-state index < -0.39 is 0 Å². The molecule has 2 aromatic rings. The minimum atomic E-state index is -0.221. The Labute approximate surface area is 135 Å². The van der Waals surface area contributed by atoms with E-state index in [9.17, 15) is 9.90 Å². The van der Waals surface area contributed by atoms with Crippen LogP contribution in [0.3, 0.4) is 0 Å². The standard InChI is InChI=1S/C18H23N3O2/c22-16-10-4-2-7-13(16)15-9-5-11-21(15)18-19-14-8-3-1-6-12(14)17(23)20-18/h1,3,6,8,13,15-16,22H,2,4-5,7,9-11H2,(H,19,20,23)/t13-,15+,16-/m0/s1. The van der Waals surface area contributed by atoms with Gasteiger partial charge in [0.2, 0.25) is 5.95 Å². The number of aliphatic hydroxyl groups excluding tert-OH is 1. The average molecular weight is 313 g/mol. The summed E-state index contributed by atoms with van der Waals surface area (Å²) in [7, 11) is 0. The van der Waals surface area contributed by atoms with Crippen LogP contribution < -0.4 is 10.5 Å². The van der Waals surface area contributed by atoms with Gasteiger partial charge in [-0.05, 0) is 37.8 Å². The molecule has 23 heavy (non-hydrogen) atoms. The summed E-state index contributed by atoms with van der Waals surface area (Å²) in [4.78, 5) is 22.2. The third kappa shape index (κ3) is 2.63. The smallest absolute Gasteiger partial charge is 0.260 e. The topological polar surface area (TPSA) is 69.2 Å². The first-order valence-corrected chi connectivity index (χ1v) is 8.68. The summed E-state index contributed by atoms with van der Waals surface area (Å²) in [5.41, 5.74) is 0.654. The number of nitrogens with zero attached hydrogens (tertiary/aromatic N) is 2. The predicted octanol–water partition coefficient (Wildman–Crippen LogP) is 2.44. The van der Waals surface area contributed by atoms with E-state index in [1.807, 2.05) is 18.2 Å². The van der Waals surface area contributed by atoms with Crippen molar-refractivity contribution in [3.8, 4) is 0 Å². The van der Waals surface area contributed by atoms with Crippen molar-refractivity contribution in [2.75, 3.05) is 11.4 Å². The van der Waals surface area contributed by atoms with Crippen molar-refractivity contribution in [3.05, 3.63) is 34.6 Å². The van der Waals surface area contributed by atoms with E-state index in [-0.39, 0.29) is 17.7 Å². The molecule has 0 unspecified atom stereocenters. The third-order valence-corrected chi connectivity index (χ3v) is 5.45. The van der Waals surface area contributed by atoms with Gasteiger partial charge in [0, 0.05) is 18.5 Å². The van der Waals surface area contributed by atoms with Gasteiger partial charge in [-0.15, -0.1) is 0 Å². The van der Waals surface area contributed by atoms with Crippen molar-refractivity contribution >= 4 is 16.9 Å². The van der Waals surface area contributed by atoms with Crippen LogP contribution in [0.2, 0.25) is 0 Å². The molecule has 4 rings (SSSR count). The fourth-order valence-corrected chi connectivity index (χ4v) is 4.30. The van der Waals surface area contributed by atoms with Crippen molar-refractivity contribution in [1.82, 2.24) is 9.97 Å². The zero-order chi connectivity index (χ0) is 15.8. The Morgan fingerprint density at radius 3 is 2.83 bits per heavy atom. The molecule has 5 nitrogen and oxygen atoms in total. The lowest BCUT2D eigenvalue weighted by atomic mass is 9.80. The lowest BCUT2D eigenvalue weighted by Gasteiger charge is -2.37. The number of aromatic nitrogens is 2. The second kappa shape index (κ2) is 5.96. The lowest BCUT2D eigenvalue weighted by molar-refractivity contribution is 0.0564. The number of H-pyrrole nitrogens is 1. The van der Waals surface area contributed by atoms with Crippen molar-refractivity contribution in [3.63, 3.8) is 0 Å². The molecule has 2 aliphatic rings. The van der Waals surface area contributed by atoms with Crippen LogP contribution in [0.5, 0.6) is 0 Å². The summed E-state index contributed by atoms with van der Waals surface area (Å²) in [6, 6.07) is 7.74. The molecule has 5 heteroatoms. The molecular weight excluding hydrogens is 290 g/mol. The molecule has 2 fully saturated rings. The quantitative estimate of drug-likeness (QED) is 0.893. The first-order valence-electron chi connectivity index (χ1n) is 8.68. The number of hydrogen-bond acceptors (Lipinski definition) is 4. The molecule has 1 saturated heterocycles. The minimum Gasteiger partial charge on any atom is -0.393 e. The lowest BCUT2D eigenvalue weighted by Crippen LogP contribution is -2.43. The third-order valence-electron chi connectivity index (χ3n) is 5.45. The molecule has 2 heterocycles. The summed E-state index contributed by atoms with van der Waals surface area (Å²) in [5.74, 6) is 0.956. The maximum absolute atomic E-state index is 12.3. The Morgan fingerprint density at radius 2 is 1.96 bits per heavy atom. The summed E-state index contributed by atoms with van der Waals surface area (Å²) >= 11 is 0. The molecule has 3 atom stereocenters. The van der Waals surface area contributed by atoms with Crippen LogP contribution in [-0.2, 0) is 0 Å². The van der Waals surface area contributed by atoms with Gasteiger partial charge in [0.1, 0.15) is 0 Å². The van der Waals surface area contributed by atoms with Crippen LogP contribution in [0.1, 0.15) is 38.5 Å². The summed E-state index contributed by atoms with van der Waals surface area (Å²) in [5, 5.41) is 11.0. The highest BCUT2D eigenvalue weighted by Crippen LogP contribution is 2.36. The monoisotopic (exact) mass is 313 g/mol. The van der Waals surface area contributed by atoms with Crippen molar-refractivity contribution in [2.24, 2.45) is 5.92 Å². The number of hydrogen-bond donors (Lipinski definition) is 2. The Hall–Kier alpha value is -1.88. The van der Waals surface area contributed by atoms with E-state index in [1.165, 1.54) is 6.42 Å². The predicted molar refractivity (Wildman–Crippen MR) is 90.7 cm³/mol. The second-order valence-corrected chi connectivity index (χ2v) is 6.83. The van der Waals surface area contributed by atoms with Crippen LogP contribution >= 0.6 is 0 Å². The molecule has 1 aliphatic heterocycles. The van der Waals surface area contributed by atoms with Gasteiger partial charge in [0.05, 0.1) is 17.0 Å². The molecule has 1 aromatic heterocycles. The molecule has 0 bridgehead atoms. The highest BCUT2D eigenvalue weighted by atomic mass is 16.3. The van der Waals surface area contributed by atoms with Crippen molar-refractivity contribution in [1.29, 1.82) is 0 Å². The Bertz CT molecular complexity index is 757.